The quantitative estimate of drug-likeness (QED) is 0.351. The first-order chi connectivity index (χ1) is 14.8. The van der Waals surface area contributed by atoms with E-state index in [9.17, 15) is 4.79 Å². The van der Waals surface area contributed by atoms with Gasteiger partial charge in [0.25, 0.3) is 0 Å². The summed E-state index contributed by atoms with van der Waals surface area (Å²) in [7, 11) is 0. The van der Waals surface area contributed by atoms with Gasteiger partial charge in [-0.1, -0.05) is 61.0 Å². The molecule has 0 aliphatic rings. The molecule has 0 bridgehead atoms. The fourth-order valence-electron chi connectivity index (χ4n) is 3.21. The van der Waals surface area contributed by atoms with Gasteiger partial charge in [0.15, 0.2) is 0 Å². The fourth-order valence-corrected chi connectivity index (χ4v) is 3.59. The number of nitrogens with one attached hydrogen (secondary N) is 1. The van der Waals surface area contributed by atoms with E-state index in [0.717, 1.165) is 32.4 Å². The van der Waals surface area contributed by atoms with E-state index in [-0.39, 0.29) is 5.91 Å². The topological polar surface area (TPSA) is 58.1 Å². The predicted molar refractivity (Wildman–Crippen MR) is 130 cm³/mol. The Kier molecular flexibility index (Phi) is 5.74. The molecule has 6 heteroatoms. The van der Waals surface area contributed by atoms with E-state index >= 15 is 0 Å². The van der Waals surface area contributed by atoms with E-state index in [1.807, 2.05) is 93.6 Å². The van der Waals surface area contributed by atoms with Crippen molar-refractivity contribution in [2.75, 3.05) is 10.2 Å². The molecule has 1 N–H and O–H groups in total. The second-order valence-corrected chi connectivity index (χ2v) is 9.21. The van der Waals surface area contributed by atoms with Gasteiger partial charge in [-0.3, -0.25) is 9.69 Å². The number of nitrogens with zero attached hydrogens (tertiary/aromatic N) is 3. The number of anilines is 4. The van der Waals surface area contributed by atoms with Crippen LogP contribution in [0.4, 0.5) is 23.0 Å². The molecule has 1 aromatic heterocycles. The van der Waals surface area contributed by atoms with Gasteiger partial charge in [0.2, 0.25) is 11.9 Å². The van der Waals surface area contributed by atoms with Gasteiger partial charge in [-0.15, -0.1) is 0 Å². The van der Waals surface area contributed by atoms with Crippen molar-refractivity contribution in [1.82, 2.24) is 9.97 Å². The van der Waals surface area contributed by atoms with Crippen molar-refractivity contribution in [2.24, 2.45) is 5.41 Å². The Morgan fingerprint density at radius 3 is 2.42 bits per heavy atom. The summed E-state index contributed by atoms with van der Waals surface area (Å²) >= 11 is 3.47. The van der Waals surface area contributed by atoms with Crippen molar-refractivity contribution in [3.05, 3.63) is 83.5 Å². The van der Waals surface area contributed by atoms with Crippen LogP contribution in [0.15, 0.2) is 83.5 Å². The Labute approximate surface area is 190 Å². The minimum absolute atomic E-state index is 0.0170. The third-order valence-electron chi connectivity index (χ3n) is 4.76. The van der Waals surface area contributed by atoms with E-state index in [1.165, 1.54) is 0 Å². The number of hydrogen-bond acceptors (Lipinski definition) is 4. The highest BCUT2D eigenvalue weighted by molar-refractivity contribution is 9.10. The molecule has 4 rings (SSSR count). The molecule has 0 atom stereocenters. The molecule has 0 spiro atoms. The average molecular weight is 475 g/mol. The minimum atomic E-state index is -0.533. The van der Waals surface area contributed by atoms with Crippen LogP contribution in [0, 0.1) is 5.41 Å². The van der Waals surface area contributed by atoms with Crippen LogP contribution < -0.4 is 10.2 Å². The van der Waals surface area contributed by atoms with Gasteiger partial charge in [-0.25, -0.2) is 9.97 Å². The highest BCUT2D eigenvalue weighted by atomic mass is 79.9. The van der Waals surface area contributed by atoms with Gasteiger partial charge in [0.05, 0.1) is 11.2 Å². The third-order valence-corrected chi connectivity index (χ3v) is 5.25. The Morgan fingerprint density at radius 2 is 1.68 bits per heavy atom. The molecule has 0 saturated carbocycles. The van der Waals surface area contributed by atoms with Crippen molar-refractivity contribution in [2.45, 2.75) is 20.8 Å². The largest absolute Gasteiger partial charge is 0.324 e. The third kappa shape index (κ3) is 4.75. The highest BCUT2D eigenvalue weighted by Crippen LogP contribution is 2.33. The lowest BCUT2D eigenvalue weighted by Gasteiger charge is -2.30. The van der Waals surface area contributed by atoms with Gasteiger partial charge >= 0.3 is 0 Å². The van der Waals surface area contributed by atoms with E-state index < -0.39 is 5.41 Å². The average Bonchev–Trinajstić information content (AvgIpc) is 2.74. The summed E-state index contributed by atoms with van der Waals surface area (Å²) in [4.78, 5) is 24.1. The molecule has 0 saturated heterocycles. The zero-order valence-electron chi connectivity index (χ0n) is 17.6. The molecule has 0 fully saturated rings. The van der Waals surface area contributed by atoms with Crippen LogP contribution in [-0.2, 0) is 4.79 Å². The van der Waals surface area contributed by atoms with Crippen molar-refractivity contribution in [3.63, 3.8) is 0 Å². The maximum absolute atomic E-state index is 13.3. The number of hydrogen-bond donors (Lipinski definition) is 1. The van der Waals surface area contributed by atoms with Crippen LogP contribution in [-0.4, -0.2) is 15.9 Å². The van der Waals surface area contributed by atoms with E-state index in [1.54, 1.807) is 11.1 Å². The highest BCUT2D eigenvalue weighted by Gasteiger charge is 2.29. The van der Waals surface area contributed by atoms with Crippen LogP contribution in [0.5, 0.6) is 0 Å². The summed E-state index contributed by atoms with van der Waals surface area (Å²) < 4.78 is 0.988. The van der Waals surface area contributed by atoms with Crippen LogP contribution in [0.25, 0.3) is 10.9 Å². The number of halogens is 1. The van der Waals surface area contributed by atoms with Crippen molar-refractivity contribution < 1.29 is 4.79 Å². The molecule has 0 radical (unpaired) electrons. The van der Waals surface area contributed by atoms with Crippen LogP contribution in [0.2, 0.25) is 0 Å². The normalized spacial score (nSPS) is 11.4. The zero-order chi connectivity index (χ0) is 22.0. The van der Waals surface area contributed by atoms with Gasteiger partial charge in [-0.05, 0) is 48.5 Å². The molecule has 0 aliphatic carbocycles. The number of carbonyl (C=O) groups is 1. The Hall–Kier alpha value is -3.25. The van der Waals surface area contributed by atoms with Crippen LogP contribution >= 0.6 is 15.9 Å². The molecule has 5 nitrogen and oxygen atoms in total. The SMILES string of the molecule is CC(C)(C)C(=O)N(c1ccccc1)c1cccc(Nc2ncc3cc(Br)ccc3n2)c1. The second kappa shape index (κ2) is 8.47. The Morgan fingerprint density at radius 1 is 0.935 bits per heavy atom. The molecule has 3 aromatic carbocycles. The summed E-state index contributed by atoms with van der Waals surface area (Å²) in [6.45, 7) is 5.78. The molecule has 4 aromatic rings. The van der Waals surface area contributed by atoms with E-state index in [2.05, 4.69) is 31.2 Å². The van der Waals surface area contributed by atoms with Gasteiger partial charge in [0.1, 0.15) is 0 Å². The monoisotopic (exact) mass is 474 g/mol. The smallest absolute Gasteiger partial charge is 0.236 e. The number of fused-ring (bicyclic) bond motifs is 1. The molecule has 1 heterocycles. The number of benzene rings is 3. The predicted octanol–water partition coefficient (Wildman–Crippen LogP) is 6.85. The molecule has 156 valence electrons. The molecular formula is C25H23BrN4O. The number of amides is 1. The minimum Gasteiger partial charge on any atom is -0.324 e. The van der Waals surface area contributed by atoms with Gasteiger partial charge in [0, 0.05) is 32.8 Å². The van der Waals surface area contributed by atoms with Gasteiger partial charge in [-0.2, -0.15) is 0 Å². The second-order valence-electron chi connectivity index (χ2n) is 8.30. The summed E-state index contributed by atoms with van der Waals surface area (Å²) in [6, 6.07) is 23.3. The lowest BCUT2D eigenvalue weighted by atomic mass is 9.94. The molecule has 31 heavy (non-hydrogen) atoms. The molecule has 1 amide bonds. The molecular weight excluding hydrogens is 452 g/mol. The number of aromatic nitrogens is 2. The standard InChI is InChI=1S/C25H23BrN4O/c1-25(2,3)23(31)30(20-9-5-4-6-10-20)21-11-7-8-19(15-21)28-24-27-16-17-14-18(26)12-13-22(17)29-24/h4-16H,1-3H3,(H,27,28,29). The first kappa shape index (κ1) is 21.0. The van der Waals surface area contributed by atoms with Gasteiger partial charge < -0.3 is 5.32 Å². The lowest BCUT2D eigenvalue weighted by molar-refractivity contribution is -0.125. The fraction of sp³-hybridized carbons (Fsp3) is 0.160. The summed E-state index contributed by atoms with van der Waals surface area (Å²) in [5.41, 5.74) is 2.73. The van der Waals surface area contributed by atoms with E-state index in [4.69, 9.17) is 0 Å². The van der Waals surface area contributed by atoms with Crippen molar-refractivity contribution in [3.8, 4) is 0 Å². The number of rotatable bonds is 4. The van der Waals surface area contributed by atoms with Crippen molar-refractivity contribution >= 4 is 55.8 Å². The lowest BCUT2D eigenvalue weighted by Crippen LogP contribution is -2.36. The van der Waals surface area contributed by atoms with Crippen LogP contribution in [0.1, 0.15) is 20.8 Å². The number of para-hydroxylation sites is 1. The Balaban J connectivity index is 1.69. The van der Waals surface area contributed by atoms with Crippen LogP contribution in [0.3, 0.4) is 0 Å². The number of carbonyl (C=O) groups excluding carboxylic acids is 1. The maximum Gasteiger partial charge on any atom is 0.236 e. The summed E-state index contributed by atoms with van der Waals surface area (Å²) in [6.07, 6.45) is 1.79. The summed E-state index contributed by atoms with van der Waals surface area (Å²) in [5.74, 6) is 0.517. The first-order valence-corrected chi connectivity index (χ1v) is 10.8. The summed E-state index contributed by atoms with van der Waals surface area (Å²) in [5, 5.41) is 4.22. The Bertz CT molecular complexity index is 1240. The maximum atomic E-state index is 13.3. The van der Waals surface area contributed by atoms with E-state index in [0.29, 0.717) is 5.95 Å². The first-order valence-electron chi connectivity index (χ1n) is 10.0. The van der Waals surface area contributed by atoms with Crippen molar-refractivity contribution in [1.29, 1.82) is 0 Å². The molecule has 0 unspecified atom stereocenters. The zero-order valence-corrected chi connectivity index (χ0v) is 19.2. The molecule has 0 aliphatic heterocycles.